The quantitative estimate of drug-likeness (QED) is 0.552. The zero-order chi connectivity index (χ0) is 27.6. The minimum atomic E-state index is -0.494. The van der Waals surface area contributed by atoms with Crippen molar-refractivity contribution in [1.29, 1.82) is 5.26 Å². The van der Waals surface area contributed by atoms with Gasteiger partial charge in [-0.25, -0.2) is 14.8 Å². The number of pyridine rings is 2. The van der Waals surface area contributed by atoms with E-state index in [0.717, 1.165) is 51.4 Å². The second-order valence-corrected chi connectivity index (χ2v) is 10.5. The second-order valence-electron chi connectivity index (χ2n) is 10.5. The highest BCUT2D eigenvalue weighted by atomic mass is 16.5. The summed E-state index contributed by atoms with van der Waals surface area (Å²) in [4.78, 5) is 53.0. The molecule has 3 aliphatic rings. The SMILES string of the molecule is CN1CCN(Cc2ccc(N(C)C(=O)Nc3cc(N4CCC5(CCOC5)C4)c(C#N)cn3)nc2C=O)C(=O)C1. The lowest BCUT2D eigenvalue weighted by atomic mass is 9.87. The van der Waals surface area contributed by atoms with E-state index in [1.165, 1.54) is 11.1 Å². The molecule has 3 saturated heterocycles. The van der Waals surface area contributed by atoms with Crippen molar-refractivity contribution in [1.82, 2.24) is 19.8 Å². The fourth-order valence-electron chi connectivity index (χ4n) is 5.38. The van der Waals surface area contributed by atoms with E-state index in [1.54, 1.807) is 30.1 Å². The largest absolute Gasteiger partial charge is 0.381 e. The highest BCUT2D eigenvalue weighted by Gasteiger charge is 2.42. The molecule has 1 unspecified atom stereocenters. The molecule has 0 bridgehead atoms. The van der Waals surface area contributed by atoms with Gasteiger partial charge in [-0.2, -0.15) is 5.26 Å². The minimum Gasteiger partial charge on any atom is -0.381 e. The number of hydrogen-bond acceptors (Lipinski definition) is 9. The zero-order valence-corrected chi connectivity index (χ0v) is 22.2. The number of nitriles is 1. The third-order valence-electron chi connectivity index (χ3n) is 7.83. The van der Waals surface area contributed by atoms with Crippen LogP contribution in [-0.4, -0.2) is 98.0 Å². The molecular formula is C27H32N8O4. The highest BCUT2D eigenvalue weighted by molar-refractivity contribution is 6.00. The van der Waals surface area contributed by atoms with Crippen molar-refractivity contribution in [2.24, 2.45) is 5.41 Å². The number of anilines is 3. The summed E-state index contributed by atoms with van der Waals surface area (Å²) in [5.41, 5.74) is 2.10. The van der Waals surface area contributed by atoms with Crippen LogP contribution in [0.1, 0.15) is 34.5 Å². The van der Waals surface area contributed by atoms with Gasteiger partial charge in [0.15, 0.2) is 6.29 Å². The van der Waals surface area contributed by atoms with Crippen LogP contribution in [0.2, 0.25) is 0 Å². The molecule has 1 spiro atoms. The first-order chi connectivity index (χ1) is 18.8. The minimum absolute atomic E-state index is 0.00358. The lowest BCUT2D eigenvalue weighted by Crippen LogP contribution is -2.48. The number of amides is 3. The van der Waals surface area contributed by atoms with E-state index in [9.17, 15) is 19.6 Å². The Morgan fingerprint density at radius 3 is 2.87 bits per heavy atom. The van der Waals surface area contributed by atoms with E-state index in [1.807, 2.05) is 11.9 Å². The summed E-state index contributed by atoms with van der Waals surface area (Å²) >= 11 is 0. The Bertz CT molecular complexity index is 1320. The van der Waals surface area contributed by atoms with Crippen molar-refractivity contribution in [3.8, 4) is 6.07 Å². The number of nitrogens with zero attached hydrogens (tertiary/aromatic N) is 7. The first-order valence-corrected chi connectivity index (χ1v) is 13.0. The number of carbonyl (C=O) groups excluding carboxylic acids is 3. The molecule has 0 aliphatic carbocycles. The van der Waals surface area contributed by atoms with Crippen molar-refractivity contribution in [3.63, 3.8) is 0 Å². The first kappa shape index (κ1) is 26.5. The number of rotatable bonds is 6. The number of likely N-dealkylation sites (N-methyl/N-ethyl adjacent to an activating group) is 1. The third-order valence-corrected chi connectivity index (χ3v) is 7.83. The van der Waals surface area contributed by atoms with Gasteiger partial charge in [-0.05, 0) is 26.0 Å². The van der Waals surface area contributed by atoms with Crippen LogP contribution >= 0.6 is 0 Å². The topological polar surface area (TPSA) is 135 Å². The summed E-state index contributed by atoms with van der Waals surface area (Å²) in [7, 11) is 3.44. The van der Waals surface area contributed by atoms with Gasteiger partial charge in [0.1, 0.15) is 23.4 Å². The van der Waals surface area contributed by atoms with Gasteiger partial charge in [0, 0.05) is 69.6 Å². The van der Waals surface area contributed by atoms with Gasteiger partial charge in [-0.3, -0.25) is 24.7 Å². The molecule has 12 heteroatoms. The molecule has 2 aromatic heterocycles. The number of aldehydes is 1. The predicted molar refractivity (Wildman–Crippen MR) is 144 cm³/mol. The Balaban J connectivity index is 1.28. The van der Waals surface area contributed by atoms with Crippen LogP contribution in [0.15, 0.2) is 24.4 Å². The molecule has 3 amide bonds. The van der Waals surface area contributed by atoms with Crippen LogP contribution < -0.4 is 15.1 Å². The molecular weight excluding hydrogens is 500 g/mol. The lowest BCUT2D eigenvalue weighted by Gasteiger charge is -2.32. The van der Waals surface area contributed by atoms with Crippen LogP contribution in [0.3, 0.4) is 0 Å². The van der Waals surface area contributed by atoms with Crippen LogP contribution in [0.4, 0.5) is 22.1 Å². The van der Waals surface area contributed by atoms with Crippen LogP contribution in [0.25, 0.3) is 0 Å². The van der Waals surface area contributed by atoms with E-state index in [2.05, 4.69) is 26.3 Å². The Morgan fingerprint density at radius 1 is 1.31 bits per heavy atom. The van der Waals surface area contributed by atoms with Crippen molar-refractivity contribution in [2.75, 3.05) is 75.1 Å². The number of ether oxygens (including phenoxy) is 1. The molecule has 5 rings (SSSR count). The van der Waals surface area contributed by atoms with Gasteiger partial charge in [-0.15, -0.1) is 0 Å². The van der Waals surface area contributed by atoms with Crippen molar-refractivity contribution in [2.45, 2.75) is 19.4 Å². The standard InChI is InChI=1S/C27H32N8O4/c1-32-8-9-34(25(37)15-32)14-19-3-4-24(30-21(19)16-36)33(2)26(38)31-23-11-22(20(12-28)13-29-23)35-7-5-27(17-35)6-10-39-18-27/h3-4,11,13,16H,5-10,14-15,17-18H2,1-2H3,(H,29,31,38). The normalized spacial score (nSPS) is 21.3. The maximum Gasteiger partial charge on any atom is 0.328 e. The number of nitrogens with one attached hydrogen (secondary N) is 1. The third kappa shape index (κ3) is 5.55. The molecule has 39 heavy (non-hydrogen) atoms. The Kier molecular flexibility index (Phi) is 7.45. The van der Waals surface area contributed by atoms with Gasteiger partial charge in [0.25, 0.3) is 0 Å². The maximum absolute atomic E-state index is 13.1. The molecule has 0 radical (unpaired) electrons. The summed E-state index contributed by atoms with van der Waals surface area (Å²) in [5.74, 6) is 0.584. The molecule has 12 nitrogen and oxygen atoms in total. The zero-order valence-electron chi connectivity index (χ0n) is 22.2. The van der Waals surface area contributed by atoms with Crippen molar-refractivity contribution < 1.29 is 19.1 Å². The van der Waals surface area contributed by atoms with Gasteiger partial charge >= 0.3 is 6.03 Å². The molecule has 2 aromatic rings. The molecule has 3 fully saturated rings. The van der Waals surface area contributed by atoms with Crippen molar-refractivity contribution in [3.05, 3.63) is 41.2 Å². The van der Waals surface area contributed by atoms with Gasteiger partial charge in [-0.1, -0.05) is 6.07 Å². The number of carbonyl (C=O) groups is 3. The maximum atomic E-state index is 13.1. The molecule has 5 heterocycles. The molecule has 3 aliphatic heterocycles. The molecule has 1 N–H and O–H groups in total. The van der Waals surface area contributed by atoms with Crippen LogP contribution in [0, 0.1) is 16.7 Å². The van der Waals surface area contributed by atoms with Crippen LogP contribution in [0.5, 0.6) is 0 Å². The summed E-state index contributed by atoms with van der Waals surface area (Å²) in [6.45, 7) is 5.04. The molecule has 1 atom stereocenters. The summed E-state index contributed by atoms with van der Waals surface area (Å²) < 4.78 is 5.62. The summed E-state index contributed by atoms with van der Waals surface area (Å²) in [6, 6.07) is 6.80. The van der Waals surface area contributed by atoms with Gasteiger partial charge in [0.05, 0.1) is 24.4 Å². The predicted octanol–water partition coefficient (Wildman–Crippen LogP) is 1.72. The summed E-state index contributed by atoms with van der Waals surface area (Å²) in [5, 5.41) is 12.4. The molecule has 204 valence electrons. The summed E-state index contributed by atoms with van der Waals surface area (Å²) in [6.07, 6.45) is 4.11. The van der Waals surface area contributed by atoms with Crippen molar-refractivity contribution >= 4 is 35.5 Å². The number of aromatic nitrogens is 2. The van der Waals surface area contributed by atoms with Crippen LogP contribution in [-0.2, 0) is 16.1 Å². The van der Waals surface area contributed by atoms with E-state index >= 15 is 0 Å². The smallest absolute Gasteiger partial charge is 0.328 e. The Morgan fingerprint density at radius 2 is 2.15 bits per heavy atom. The fourth-order valence-corrected chi connectivity index (χ4v) is 5.38. The van der Waals surface area contributed by atoms with E-state index in [0.29, 0.717) is 36.3 Å². The molecule has 0 saturated carbocycles. The van der Waals surface area contributed by atoms with Gasteiger partial charge in [0.2, 0.25) is 5.91 Å². The average Bonchev–Trinajstić information content (AvgIpc) is 3.59. The Hall–Kier alpha value is -4.08. The van der Waals surface area contributed by atoms with E-state index in [4.69, 9.17) is 4.74 Å². The lowest BCUT2D eigenvalue weighted by molar-refractivity contribution is -0.136. The van der Waals surface area contributed by atoms with Gasteiger partial charge < -0.3 is 14.5 Å². The average molecular weight is 533 g/mol. The first-order valence-electron chi connectivity index (χ1n) is 13.0. The number of urea groups is 1. The number of hydrogen-bond donors (Lipinski definition) is 1. The molecule has 0 aromatic carbocycles. The highest BCUT2D eigenvalue weighted by Crippen LogP contribution is 2.41. The number of piperazine rings is 1. The van der Waals surface area contributed by atoms with E-state index < -0.39 is 6.03 Å². The second kappa shape index (κ2) is 11.0. The fraction of sp³-hybridized carbons (Fsp3) is 0.481. The van der Waals surface area contributed by atoms with E-state index in [-0.39, 0.29) is 29.4 Å². The monoisotopic (exact) mass is 532 g/mol. The Labute approximate surface area is 227 Å².